The second-order valence-electron chi connectivity index (χ2n) is 4.86. The maximum atomic E-state index is 12.3. The topological polar surface area (TPSA) is 20.3 Å². The number of halogens is 3. The smallest absolute Gasteiger partial charge is 0.334 e. The van der Waals surface area contributed by atoms with Gasteiger partial charge in [0.15, 0.2) is 0 Å². The van der Waals surface area contributed by atoms with Crippen molar-refractivity contribution in [2.75, 3.05) is 13.1 Å². The molecule has 1 aromatic carbocycles. The molecular formula is C15H20F3NO. The summed E-state index contributed by atoms with van der Waals surface area (Å²) in [6.45, 7) is 2.48. The fourth-order valence-electron chi connectivity index (χ4n) is 1.95. The van der Waals surface area contributed by atoms with Gasteiger partial charge in [0.25, 0.3) is 0 Å². The highest BCUT2D eigenvalue weighted by molar-refractivity contribution is 5.76. The van der Waals surface area contributed by atoms with Crippen molar-refractivity contribution in [2.45, 2.75) is 39.3 Å². The first-order valence-corrected chi connectivity index (χ1v) is 6.72. The van der Waals surface area contributed by atoms with Crippen LogP contribution in [0.4, 0.5) is 13.2 Å². The van der Waals surface area contributed by atoms with E-state index >= 15 is 0 Å². The first-order valence-electron chi connectivity index (χ1n) is 6.72. The Labute approximate surface area is 117 Å². The molecule has 112 valence electrons. The van der Waals surface area contributed by atoms with Crippen LogP contribution in [0.25, 0.3) is 0 Å². The van der Waals surface area contributed by atoms with Gasteiger partial charge in [-0.2, -0.15) is 13.2 Å². The molecule has 0 radical (unpaired) electrons. The SMILES string of the molecule is CCN(CC(F)(F)F)C(=O)CCCc1ccc(C)cc1. The van der Waals surface area contributed by atoms with Crippen LogP contribution < -0.4 is 0 Å². The van der Waals surface area contributed by atoms with Crippen molar-refractivity contribution < 1.29 is 18.0 Å². The van der Waals surface area contributed by atoms with Gasteiger partial charge in [-0.3, -0.25) is 4.79 Å². The standard InChI is InChI=1S/C15H20F3NO/c1-3-19(11-15(16,17)18)14(20)6-4-5-13-9-7-12(2)8-10-13/h7-10H,3-6,11H2,1-2H3. The van der Waals surface area contributed by atoms with Crippen LogP contribution in [0, 0.1) is 6.92 Å². The number of benzene rings is 1. The van der Waals surface area contributed by atoms with Crippen molar-refractivity contribution in [3.63, 3.8) is 0 Å². The van der Waals surface area contributed by atoms with Crippen LogP contribution in [0.5, 0.6) is 0 Å². The zero-order chi connectivity index (χ0) is 15.2. The molecule has 0 saturated carbocycles. The Morgan fingerprint density at radius 3 is 2.30 bits per heavy atom. The summed E-state index contributed by atoms with van der Waals surface area (Å²) in [5.41, 5.74) is 2.26. The lowest BCUT2D eigenvalue weighted by molar-refractivity contribution is -0.160. The van der Waals surface area contributed by atoms with Crippen molar-refractivity contribution in [3.8, 4) is 0 Å². The summed E-state index contributed by atoms with van der Waals surface area (Å²) in [5.74, 6) is -0.433. The lowest BCUT2D eigenvalue weighted by Gasteiger charge is -2.22. The summed E-state index contributed by atoms with van der Waals surface area (Å²) in [6, 6.07) is 7.93. The van der Waals surface area contributed by atoms with Crippen LogP contribution >= 0.6 is 0 Å². The maximum absolute atomic E-state index is 12.3. The Hall–Kier alpha value is -1.52. The molecule has 2 nitrogen and oxygen atoms in total. The quantitative estimate of drug-likeness (QED) is 0.780. The molecule has 0 spiro atoms. The zero-order valence-electron chi connectivity index (χ0n) is 11.8. The summed E-state index contributed by atoms with van der Waals surface area (Å²) in [6.07, 6.45) is -2.91. The molecule has 5 heteroatoms. The summed E-state index contributed by atoms with van der Waals surface area (Å²) in [5, 5.41) is 0. The van der Waals surface area contributed by atoms with Crippen molar-refractivity contribution in [1.82, 2.24) is 4.90 Å². The van der Waals surface area contributed by atoms with Crippen molar-refractivity contribution in [2.24, 2.45) is 0 Å². The van der Waals surface area contributed by atoms with Gasteiger partial charge in [-0.25, -0.2) is 0 Å². The average Bonchev–Trinajstić information content (AvgIpc) is 2.37. The molecule has 0 heterocycles. The molecule has 0 unspecified atom stereocenters. The molecule has 0 N–H and O–H groups in total. The van der Waals surface area contributed by atoms with Gasteiger partial charge in [0.1, 0.15) is 6.54 Å². The van der Waals surface area contributed by atoms with E-state index < -0.39 is 18.6 Å². The molecule has 0 aliphatic carbocycles. The number of rotatable bonds is 6. The van der Waals surface area contributed by atoms with Crippen LogP contribution in [-0.2, 0) is 11.2 Å². The minimum atomic E-state index is -4.33. The fraction of sp³-hybridized carbons (Fsp3) is 0.533. The highest BCUT2D eigenvalue weighted by atomic mass is 19.4. The molecule has 20 heavy (non-hydrogen) atoms. The van der Waals surface area contributed by atoms with E-state index in [9.17, 15) is 18.0 Å². The first-order chi connectivity index (χ1) is 9.31. The van der Waals surface area contributed by atoms with E-state index in [1.165, 1.54) is 0 Å². The van der Waals surface area contributed by atoms with Crippen molar-refractivity contribution in [3.05, 3.63) is 35.4 Å². The van der Waals surface area contributed by atoms with E-state index in [1.807, 2.05) is 31.2 Å². The van der Waals surface area contributed by atoms with E-state index in [1.54, 1.807) is 6.92 Å². The lowest BCUT2D eigenvalue weighted by atomic mass is 10.1. The summed E-state index contributed by atoms with van der Waals surface area (Å²) in [7, 11) is 0. The van der Waals surface area contributed by atoms with Gasteiger partial charge in [0.2, 0.25) is 5.91 Å². The molecule has 0 aliphatic heterocycles. The number of amides is 1. The van der Waals surface area contributed by atoms with Crippen LogP contribution in [0.1, 0.15) is 30.9 Å². The van der Waals surface area contributed by atoms with E-state index in [0.717, 1.165) is 16.0 Å². The first kappa shape index (κ1) is 16.5. The summed E-state index contributed by atoms with van der Waals surface area (Å²) in [4.78, 5) is 12.6. The Morgan fingerprint density at radius 2 is 1.80 bits per heavy atom. The van der Waals surface area contributed by atoms with Crippen molar-refractivity contribution >= 4 is 5.91 Å². The third-order valence-electron chi connectivity index (χ3n) is 3.08. The van der Waals surface area contributed by atoms with Crippen LogP contribution in [0.15, 0.2) is 24.3 Å². The minimum absolute atomic E-state index is 0.0862. The molecular weight excluding hydrogens is 267 g/mol. The second kappa shape index (κ2) is 7.31. The minimum Gasteiger partial charge on any atom is -0.334 e. The van der Waals surface area contributed by atoms with Gasteiger partial charge in [0, 0.05) is 13.0 Å². The Bertz CT molecular complexity index is 426. The van der Waals surface area contributed by atoms with E-state index in [0.29, 0.717) is 12.8 Å². The number of alkyl halides is 3. The van der Waals surface area contributed by atoms with Crippen LogP contribution in [0.2, 0.25) is 0 Å². The van der Waals surface area contributed by atoms with E-state index in [2.05, 4.69) is 0 Å². The van der Waals surface area contributed by atoms with Crippen LogP contribution in [0.3, 0.4) is 0 Å². The molecule has 0 fully saturated rings. The van der Waals surface area contributed by atoms with Crippen molar-refractivity contribution in [1.29, 1.82) is 0 Å². The molecule has 0 bridgehead atoms. The largest absolute Gasteiger partial charge is 0.406 e. The van der Waals surface area contributed by atoms with Gasteiger partial charge in [0.05, 0.1) is 0 Å². The van der Waals surface area contributed by atoms with Gasteiger partial charge in [-0.05, 0) is 32.3 Å². The molecule has 1 amide bonds. The number of carbonyl (C=O) groups is 1. The van der Waals surface area contributed by atoms with Crippen LogP contribution in [-0.4, -0.2) is 30.1 Å². The monoisotopic (exact) mass is 287 g/mol. The van der Waals surface area contributed by atoms with Gasteiger partial charge < -0.3 is 4.90 Å². The van der Waals surface area contributed by atoms with E-state index in [-0.39, 0.29) is 13.0 Å². The summed E-state index contributed by atoms with van der Waals surface area (Å²) < 4.78 is 36.9. The van der Waals surface area contributed by atoms with Gasteiger partial charge in [-0.15, -0.1) is 0 Å². The molecule has 0 atom stereocenters. The summed E-state index contributed by atoms with van der Waals surface area (Å²) >= 11 is 0. The third-order valence-corrected chi connectivity index (χ3v) is 3.08. The molecule has 0 saturated heterocycles. The number of hydrogen-bond donors (Lipinski definition) is 0. The Morgan fingerprint density at radius 1 is 1.20 bits per heavy atom. The Kier molecular flexibility index (Phi) is 6.05. The number of aryl methyl sites for hydroxylation is 2. The predicted octanol–water partition coefficient (Wildman–Crippen LogP) is 3.73. The average molecular weight is 287 g/mol. The van der Waals surface area contributed by atoms with E-state index in [4.69, 9.17) is 0 Å². The third kappa shape index (κ3) is 6.08. The molecule has 0 aromatic heterocycles. The highest BCUT2D eigenvalue weighted by Crippen LogP contribution is 2.17. The van der Waals surface area contributed by atoms with Gasteiger partial charge >= 0.3 is 6.18 Å². The fourth-order valence-corrected chi connectivity index (χ4v) is 1.95. The molecule has 1 rings (SSSR count). The number of hydrogen-bond acceptors (Lipinski definition) is 1. The zero-order valence-corrected chi connectivity index (χ0v) is 11.8. The predicted molar refractivity (Wildman–Crippen MR) is 72.4 cm³/mol. The molecule has 0 aliphatic rings. The molecule has 1 aromatic rings. The second-order valence-corrected chi connectivity index (χ2v) is 4.86. The lowest BCUT2D eigenvalue weighted by Crippen LogP contribution is -2.38. The number of carbonyl (C=O) groups excluding carboxylic acids is 1. The maximum Gasteiger partial charge on any atom is 0.406 e. The normalized spacial score (nSPS) is 11.4. The highest BCUT2D eigenvalue weighted by Gasteiger charge is 2.31. The Balaban J connectivity index is 2.40. The number of nitrogens with zero attached hydrogens (tertiary/aromatic N) is 1. The van der Waals surface area contributed by atoms with Gasteiger partial charge in [-0.1, -0.05) is 29.8 Å².